The molecule has 2 aromatic rings. The molecule has 0 radical (unpaired) electrons. The van der Waals surface area contributed by atoms with Crippen LogP contribution in [0.4, 0.5) is 17.1 Å². The number of anilines is 3. The lowest BCUT2D eigenvalue weighted by molar-refractivity contribution is -0.292. The van der Waals surface area contributed by atoms with Gasteiger partial charge in [0.25, 0.3) is 0 Å². The van der Waals surface area contributed by atoms with Crippen molar-refractivity contribution >= 4 is 69.3 Å². The predicted octanol–water partition coefficient (Wildman–Crippen LogP) is 14.4. The lowest BCUT2D eigenvalue weighted by Gasteiger charge is -2.35. The standard InChI is InChI=1S/C64H102N4O4S2/c1-13-17-19-21-23-25-27-29-31-33-37-73-39-35-57(69)65-53-43-55-51(63(9,10)47(7)67(55)45(5)15-3)41-49(53)59-61(71)60(62(59)72)50-42-52-56(68(46(6)16-4)48(8)64(52,11)12)44-54(50)66-58(70)36-40-74-38-34-32-30-28-26-24-22-20-18-14-2/h41-48H,13-40H2,1-12H3,(H2,65,66,69,70,71,72). The molecule has 414 valence electrons. The van der Waals surface area contributed by atoms with Gasteiger partial charge in [0.1, 0.15) is 0 Å². The topological polar surface area (TPSA) is 105 Å². The second-order valence-electron chi connectivity index (χ2n) is 23.5. The third-order valence-electron chi connectivity index (χ3n) is 17.5. The Morgan fingerprint density at radius 1 is 0.622 bits per heavy atom. The fourth-order valence-electron chi connectivity index (χ4n) is 11.7. The number of hydrogen-bond donors (Lipinski definition) is 2. The van der Waals surface area contributed by atoms with Crippen molar-refractivity contribution in [2.75, 3.05) is 38.5 Å². The maximum atomic E-state index is 15.0. The molecule has 8 nitrogen and oxygen atoms in total. The average Bonchev–Trinajstić information content (AvgIpc) is 3.69. The smallest absolute Gasteiger partial charge is 0.225 e. The van der Waals surface area contributed by atoms with E-state index in [9.17, 15) is 9.59 Å². The van der Waals surface area contributed by atoms with Crippen LogP contribution in [0, 0.1) is 0 Å². The van der Waals surface area contributed by atoms with Crippen molar-refractivity contribution in [2.45, 2.75) is 272 Å². The summed E-state index contributed by atoms with van der Waals surface area (Å²) >= 11 is 3.66. The molecule has 10 heteroatoms. The summed E-state index contributed by atoms with van der Waals surface area (Å²) in [4.78, 5) is 45.2. The highest BCUT2D eigenvalue weighted by atomic mass is 32.2. The second kappa shape index (κ2) is 30.1. The second-order valence-corrected chi connectivity index (χ2v) is 26.0. The third kappa shape index (κ3) is 15.5. The number of carbonyl (C=O) groups excluding carboxylic acids is 3. The van der Waals surface area contributed by atoms with Crippen molar-refractivity contribution in [1.29, 1.82) is 0 Å². The number of amides is 2. The highest BCUT2D eigenvalue weighted by Crippen LogP contribution is 2.51. The van der Waals surface area contributed by atoms with E-state index in [-0.39, 0.29) is 69.5 Å². The Morgan fingerprint density at radius 2 is 1.11 bits per heavy atom. The SMILES string of the molecule is CCCCCCCCCCCCSCCC(=O)Nc1cc2c(cc1C1=C([O-])/C(=c3/cc4c(cc3NC(=O)CCSCCCCCCCCCCCC)=[N+](C(C)CC)C(C)C4(C)C)C1=O)C(C)(C)C(C)N2C(C)CC. The van der Waals surface area contributed by atoms with Gasteiger partial charge in [-0.3, -0.25) is 14.4 Å². The molecule has 2 aromatic carbocycles. The molecule has 3 aliphatic rings. The van der Waals surface area contributed by atoms with Crippen LogP contribution in [-0.2, 0) is 25.2 Å². The number of benzene rings is 2. The number of nitrogens with zero attached hydrogens (tertiary/aromatic N) is 2. The van der Waals surface area contributed by atoms with Crippen LogP contribution >= 0.6 is 23.5 Å². The number of Topliss-reactive ketones (excluding diaryl/α,β-unsaturated/α-hetero) is 1. The van der Waals surface area contributed by atoms with Gasteiger partial charge in [-0.2, -0.15) is 23.5 Å². The fourth-order valence-corrected chi connectivity index (χ4v) is 13.6. The normalized spacial score (nSPS) is 19.2. The number of carbonyl (C=O) groups is 3. The van der Waals surface area contributed by atoms with E-state index in [1.54, 1.807) is 0 Å². The van der Waals surface area contributed by atoms with Gasteiger partial charge in [-0.1, -0.05) is 163 Å². The Labute approximate surface area is 459 Å². The summed E-state index contributed by atoms with van der Waals surface area (Å²) in [6.07, 6.45) is 28.7. The van der Waals surface area contributed by atoms with Gasteiger partial charge in [0.05, 0.1) is 16.8 Å². The first-order chi connectivity index (χ1) is 35.5. The minimum Gasteiger partial charge on any atom is -0.871 e. The number of fused-ring (bicyclic) bond motifs is 2. The Morgan fingerprint density at radius 3 is 1.58 bits per heavy atom. The van der Waals surface area contributed by atoms with Crippen molar-refractivity contribution in [1.82, 2.24) is 4.58 Å². The van der Waals surface area contributed by atoms with E-state index in [1.807, 2.05) is 47.8 Å². The molecular formula is C64H102N4O4S2. The summed E-state index contributed by atoms with van der Waals surface area (Å²) in [7, 11) is 0. The molecule has 0 fully saturated rings. The highest BCUT2D eigenvalue weighted by molar-refractivity contribution is 7.99. The monoisotopic (exact) mass is 1050 g/mol. The number of unbranched alkanes of at least 4 members (excludes halogenated alkanes) is 18. The molecule has 1 aliphatic carbocycles. The van der Waals surface area contributed by atoms with E-state index < -0.39 is 0 Å². The Hall–Kier alpha value is -3.24. The van der Waals surface area contributed by atoms with E-state index in [4.69, 9.17) is 0 Å². The van der Waals surface area contributed by atoms with Crippen LogP contribution < -0.4 is 35.8 Å². The van der Waals surface area contributed by atoms with E-state index in [0.29, 0.717) is 46.5 Å². The third-order valence-corrected chi connectivity index (χ3v) is 19.6. The van der Waals surface area contributed by atoms with Crippen molar-refractivity contribution in [3.63, 3.8) is 0 Å². The lowest BCUT2D eigenvalue weighted by atomic mass is 9.76. The van der Waals surface area contributed by atoms with Crippen molar-refractivity contribution in [3.8, 4) is 0 Å². The van der Waals surface area contributed by atoms with Crippen molar-refractivity contribution in [2.24, 2.45) is 0 Å². The van der Waals surface area contributed by atoms with Gasteiger partial charge in [-0.05, 0) is 96.1 Å². The fraction of sp³-hybridized carbons (Fsp3) is 0.719. The molecule has 2 N–H and O–H groups in total. The molecule has 2 heterocycles. The summed E-state index contributed by atoms with van der Waals surface area (Å²) in [5.41, 5.74) is 4.36. The van der Waals surface area contributed by atoms with Crippen LogP contribution in [0.25, 0.3) is 11.1 Å². The summed E-state index contributed by atoms with van der Waals surface area (Å²) in [5, 5.41) is 23.0. The molecular weight excluding hydrogens is 953 g/mol. The van der Waals surface area contributed by atoms with Gasteiger partial charge in [0.15, 0.2) is 17.9 Å². The van der Waals surface area contributed by atoms with Gasteiger partial charge in [0, 0.05) is 87.5 Å². The number of hydrogen-bond acceptors (Lipinski definition) is 7. The van der Waals surface area contributed by atoms with Crippen molar-refractivity contribution < 1.29 is 19.5 Å². The van der Waals surface area contributed by atoms with Gasteiger partial charge in [-0.15, -0.1) is 0 Å². The number of nitrogens with one attached hydrogen (secondary N) is 2. The van der Waals surface area contributed by atoms with Crippen LogP contribution in [0.15, 0.2) is 30.0 Å². The summed E-state index contributed by atoms with van der Waals surface area (Å²) in [6.45, 7) is 26.9. The lowest BCUT2D eigenvalue weighted by Crippen LogP contribution is -2.43. The first-order valence-electron chi connectivity index (χ1n) is 30.0. The molecule has 74 heavy (non-hydrogen) atoms. The summed E-state index contributed by atoms with van der Waals surface area (Å²) in [5.74, 6) is 2.60. The van der Waals surface area contributed by atoms with Gasteiger partial charge in [0.2, 0.25) is 17.2 Å². The first kappa shape index (κ1) is 61.6. The Bertz CT molecular complexity index is 2340. The number of allylic oxidation sites excluding steroid dienone is 2. The number of ketones is 1. The van der Waals surface area contributed by atoms with E-state index >= 15 is 9.90 Å². The molecule has 0 saturated carbocycles. The average molecular weight is 1060 g/mol. The minimum atomic E-state index is -0.342. The number of thioether (sulfide) groups is 2. The molecule has 2 aliphatic heterocycles. The summed E-state index contributed by atoms with van der Waals surface area (Å²) < 4.78 is 2.45. The first-order valence-corrected chi connectivity index (χ1v) is 32.3. The van der Waals surface area contributed by atoms with Gasteiger partial charge >= 0.3 is 0 Å². The van der Waals surface area contributed by atoms with Crippen LogP contribution in [-0.4, -0.2) is 64.8 Å². The van der Waals surface area contributed by atoms with Gasteiger partial charge < -0.3 is 20.6 Å². The zero-order valence-corrected chi connectivity index (χ0v) is 50.4. The molecule has 0 bridgehead atoms. The van der Waals surface area contributed by atoms with Crippen molar-refractivity contribution in [3.05, 3.63) is 57.3 Å². The Balaban J connectivity index is 1.40. The van der Waals surface area contributed by atoms with E-state index in [0.717, 1.165) is 46.5 Å². The minimum absolute atomic E-state index is 0.105. The molecule has 4 atom stereocenters. The maximum absolute atomic E-state index is 15.0. The molecule has 0 aromatic heterocycles. The van der Waals surface area contributed by atoms with Crippen LogP contribution in [0.2, 0.25) is 0 Å². The Kier molecular flexibility index (Phi) is 25.0. The van der Waals surface area contributed by atoms with Gasteiger partial charge in [-0.25, -0.2) is 4.58 Å². The predicted molar refractivity (Wildman–Crippen MR) is 320 cm³/mol. The molecule has 4 unspecified atom stereocenters. The zero-order chi connectivity index (χ0) is 54.0. The molecule has 0 spiro atoms. The summed E-state index contributed by atoms with van der Waals surface area (Å²) in [6, 6.07) is 8.94. The largest absolute Gasteiger partial charge is 0.871 e. The van der Waals surface area contributed by atoms with Crippen LogP contribution in [0.3, 0.4) is 0 Å². The van der Waals surface area contributed by atoms with E-state index in [2.05, 4.69) is 103 Å². The quantitative estimate of drug-likeness (QED) is 0.0523. The molecule has 5 rings (SSSR count). The highest BCUT2D eigenvalue weighted by Gasteiger charge is 2.47. The number of rotatable bonds is 35. The molecule has 0 saturated heterocycles. The van der Waals surface area contributed by atoms with Crippen LogP contribution in [0.1, 0.15) is 254 Å². The zero-order valence-electron chi connectivity index (χ0n) is 48.8. The van der Waals surface area contributed by atoms with E-state index in [1.165, 1.54) is 128 Å². The molecule has 2 amide bonds. The van der Waals surface area contributed by atoms with Crippen LogP contribution in [0.5, 0.6) is 0 Å². The maximum Gasteiger partial charge on any atom is 0.225 e.